The zero-order chi connectivity index (χ0) is 28.7. The van der Waals surface area contributed by atoms with Crippen molar-refractivity contribution < 1.29 is 28.4 Å². The Bertz CT molecular complexity index is 1310. The van der Waals surface area contributed by atoms with Crippen LogP contribution in [0.4, 0.5) is 11.5 Å². The number of aromatic nitrogens is 1. The Hall–Kier alpha value is -4.34. The molecular formula is C29H36N4O6. The standard InChI is InChI=1S/C29H36N4O6/c1-18-11-13-20(14-12-18)33(25(35)16-15-24(34)30-23-17-19(2)39-32-23)26(28(36)31-29(3,4)5)21-9-8-10-22(37-6)27(21)38-7/h8-14,17,26H,15-16H2,1-7H3,(H,31,36)(H,30,32,34)/t26-/m1/s1. The molecule has 0 saturated heterocycles. The van der Waals surface area contributed by atoms with Crippen molar-refractivity contribution in [1.29, 1.82) is 0 Å². The van der Waals surface area contributed by atoms with Gasteiger partial charge >= 0.3 is 0 Å². The van der Waals surface area contributed by atoms with Crippen molar-refractivity contribution in [3.63, 3.8) is 0 Å². The van der Waals surface area contributed by atoms with E-state index in [1.54, 1.807) is 43.3 Å². The molecule has 208 valence electrons. The number of benzene rings is 2. The summed E-state index contributed by atoms with van der Waals surface area (Å²) in [6.45, 7) is 9.22. The van der Waals surface area contributed by atoms with Crippen molar-refractivity contribution in [3.8, 4) is 11.5 Å². The zero-order valence-corrected chi connectivity index (χ0v) is 23.5. The summed E-state index contributed by atoms with van der Waals surface area (Å²) in [5.41, 5.74) is 1.34. The van der Waals surface area contributed by atoms with Crippen molar-refractivity contribution in [2.75, 3.05) is 24.4 Å². The third-order valence-corrected chi connectivity index (χ3v) is 5.77. The van der Waals surface area contributed by atoms with E-state index in [0.29, 0.717) is 28.5 Å². The molecule has 0 aliphatic carbocycles. The molecule has 0 bridgehead atoms. The number of methoxy groups -OCH3 is 2. The van der Waals surface area contributed by atoms with Crippen LogP contribution in [-0.2, 0) is 14.4 Å². The van der Waals surface area contributed by atoms with E-state index in [9.17, 15) is 14.4 Å². The van der Waals surface area contributed by atoms with Crippen LogP contribution in [0.25, 0.3) is 0 Å². The van der Waals surface area contributed by atoms with Gasteiger partial charge in [-0.1, -0.05) is 35.0 Å². The lowest BCUT2D eigenvalue weighted by molar-refractivity contribution is -0.128. The first-order valence-electron chi connectivity index (χ1n) is 12.6. The third-order valence-electron chi connectivity index (χ3n) is 5.77. The van der Waals surface area contributed by atoms with Crippen LogP contribution in [0, 0.1) is 13.8 Å². The Labute approximate surface area is 228 Å². The van der Waals surface area contributed by atoms with Crippen LogP contribution < -0.4 is 25.0 Å². The van der Waals surface area contributed by atoms with Crippen LogP contribution in [0.3, 0.4) is 0 Å². The summed E-state index contributed by atoms with van der Waals surface area (Å²) in [4.78, 5) is 41.8. The SMILES string of the molecule is COc1cccc([C@H](C(=O)NC(C)(C)C)N(C(=O)CCC(=O)Nc2cc(C)on2)c2ccc(C)cc2)c1OC. The first-order valence-corrected chi connectivity index (χ1v) is 12.6. The number of carbonyl (C=O) groups is 3. The molecule has 3 rings (SSSR count). The number of carbonyl (C=O) groups excluding carboxylic acids is 3. The summed E-state index contributed by atoms with van der Waals surface area (Å²) in [5, 5.41) is 9.37. The second kappa shape index (κ2) is 12.5. The number of aryl methyl sites for hydroxylation is 2. The minimum atomic E-state index is -1.12. The Morgan fingerprint density at radius 2 is 1.69 bits per heavy atom. The summed E-state index contributed by atoms with van der Waals surface area (Å²) in [5.74, 6) is 0.320. The lowest BCUT2D eigenvalue weighted by Crippen LogP contribution is -2.49. The number of amides is 3. The average molecular weight is 537 g/mol. The van der Waals surface area contributed by atoms with Crippen LogP contribution in [0.1, 0.15) is 56.5 Å². The molecule has 0 fully saturated rings. The lowest BCUT2D eigenvalue weighted by atomic mass is 9.98. The average Bonchev–Trinajstić information content (AvgIpc) is 3.29. The van der Waals surface area contributed by atoms with E-state index >= 15 is 0 Å². The molecule has 1 heterocycles. The van der Waals surface area contributed by atoms with Gasteiger partial charge in [-0.05, 0) is 52.8 Å². The summed E-state index contributed by atoms with van der Waals surface area (Å²) < 4.78 is 16.1. The Balaban J connectivity index is 2.05. The van der Waals surface area contributed by atoms with Crippen LogP contribution in [0.15, 0.2) is 53.1 Å². The molecule has 39 heavy (non-hydrogen) atoms. The maximum Gasteiger partial charge on any atom is 0.248 e. The van der Waals surface area contributed by atoms with Gasteiger partial charge in [-0.15, -0.1) is 0 Å². The second-order valence-electron chi connectivity index (χ2n) is 10.2. The molecule has 0 aliphatic heterocycles. The third kappa shape index (κ3) is 7.59. The van der Waals surface area contributed by atoms with E-state index in [1.165, 1.54) is 19.1 Å². The van der Waals surface area contributed by atoms with E-state index in [0.717, 1.165) is 5.56 Å². The maximum atomic E-state index is 13.9. The normalized spacial score (nSPS) is 11.9. The highest BCUT2D eigenvalue weighted by Gasteiger charge is 2.37. The van der Waals surface area contributed by atoms with Crippen molar-refractivity contribution in [2.45, 2.75) is 59.0 Å². The van der Waals surface area contributed by atoms with E-state index < -0.39 is 29.3 Å². The summed E-state index contributed by atoms with van der Waals surface area (Å²) >= 11 is 0. The summed E-state index contributed by atoms with van der Waals surface area (Å²) in [6.07, 6.45) is -0.294. The van der Waals surface area contributed by atoms with Gasteiger partial charge in [-0.25, -0.2) is 0 Å². The first-order chi connectivity index (χ1) is 18.4. The number of nitrogens with one attached hydrogen (secondary N) is 2. The molecule has 3 amide bonds. The smallest absolute Gasteiger partial charge is 0.248 e. The second-order valence-corrected chi connectivity index (χ2v) is 10.2. The maximum absolute atomic E-state index is 13.9. The minimum absolute atomic E-state index is 0.129. The number of hydrogen-bond donors (Lipinski definition) is 2. The highest BCUT2D eigenvalue weighted by atomic mass is 16.5. The highest BCUT2D eigenvalue weighted by Crippen LogP contribution is 2.39. The molecule has 10 nitrogen and oxygen atoms in total. The molecule has 1 aromatic heterocycles. The van der Waals surface area contributed by atoms with Crippen molar-refractivity contribution in [3.05, 3.63) is 65.4 Å². The van der Waals surface area contributed by atoms with Gasteiger partial charge in [0.15, 0.2) is 17.3 Å². The molecule has 0 radical (unpaired) electrons. The van der Waals surface area contributed by atoms with Gasteiger partial charge in [-0.3, -0.25) is 19.3 Å². The van der Waals surface area contributed by atoms with Gasteiger partial charge in [0.2, 0.25) is 17.7 Å². The molecule has 1 atom stereocenters. The fourth-order valence-corrected chi connectivity index (χ4v) is 4.08. The number of nitrogens with zero attached hydrogens (tertiary/aromatic N) is 2. The molecule has 10 heteroatoms. The Morgan fingerprint density at radius 1 is 1.00 bits per heavy atom. The predicted molar refractivity (Wildman–Crippen MR) is 148 cm³/mol. The van der Waals surface area contributed by atoms with E-state index in [1.807, 2.05) is 39.8 Å². The van der Waals surface area contributed by atoms with E-state index in [4.69, 9.17) is 14.0 Å². The van der Waals surface area contributed by atoms with Gasteiger partial charge in [0.25, 0.3) is 0 Å². The largest absolute Gasteiger partial charge is 0.493 e. The fraction of sp³-hybridized carbons (Fsp3) is 0.379. The van der Waals surface area contributed by atoms with Crippen LogP contribution in [0.5, 0.6) is 11.5 Å². The molecule has 0 unspecified atom stereocenters. The molecule has 3 aromatic rings. The predicted octanol–water partition coefficient (Wildman–Crippen LogP) is 4.72. The van der Waals surface area contributed by atoms with Crippen molar-refractivity contribution in [2.24, 2.45) is 0 Å². The minimum Gasteiger partial charge on any atom is -0.493 e. The Morgan fingerprint density at radius 3 is 2.26 bits per heavy atom. The van der Waals surface area contributed by atoms with Gasteiger partial charge in [-0.2, -0.15) is 0 Å². The van der Waals surface area contributed by atoms with Crippen molar-refractivity contribution >= 4 is 29.2 Å². The van der Waals surface area contributed by atoms with Crippen molar-refractivity contribution in [1.82, 2.24) is 10.5 Å². The van der Waals surface area contributed by atoms with E-state index in [-0.39, 0.29) is 18.7 Å². The number of rotatable bonds is 10. The van der Waals surface area contributed by atoms with Gasteiger partial charge in [0, 0.05) is 35.7 Å². The fourth-order valence-electron chi connectivity index (χ4n) is 4.08. The van der Waals surface area contributed by atoms with E-state index in [2.05, 4.69) is 15.8 Å². The van der Waals surface area contributed by atoms with Gasteiger partial charge in [0.05, 0.1) is 14.2 Å². The molecular weight excluding hydrogens is 500 g/mol. The summed E-state index contributed by atoms with van der Waals surface area (Å²) in [7, 11) is 2.98. The topological polar surface area (TPSA) is 123 Å². The molecule has 2 aromatic carbocycles. The van der Waals surface area contributed by atoms with Crippen LogP contribution in [-0.4, -0.2) is 42.6 Å². The van der Waals surface area contributed by atoms with Gasteiger partial charge < -0.3 is 24.6 Å². The quantitative estimate of drug-likeness (QED) is 0.384. The number of anilines is 2. The highest BCUT2D eigenvalue weighted by molar-refractivity contribution is 6.03. The van der Waals surface area contributed by atoms with Crippen LogP contribution in [0.2, 0.25) is 0 Å². The van der Waals surface area contributed by atoms with Gasteiger partial charge in [0.1, 0.15) is 11.8 Å². The Kier molecular flexibility index (Phi) is 9.34. The first kappa shape index (κ1) is 29.2. The number of ether oxygens (including phenoxy) is 2. The summed E-state index contributed by atoms with van der Waals surface area (Å²) in [6, 6.07) is 12.9. The molecule has 0 spiro atoms. The zero-order valence-electron chi connectivity index (χ0n) is 23.5. The number of hydrogen-bond acceptors (Lipinski definition) is 7. The molecule has 0 saturated carbocycles. The molecule has 2 N–H and O–H groups in total. The number of para-hydroxylation sites is 1. The van der Waals surface area contributed by atoms with Crippen LogP contribution >= 0.6 is 0 Å². The lowest BCUT2D eigenvalue weighted by Gasteiger charge is -2.34. The monoisotopic (exact) mass is 536 g/mol. The molecule has 0 aliphatic rings.